The summed E-state index contributed by atoms with van der Waals surface area (Å²) in [4.78, 5) is 29.1. The summed E-state index contributed by atoms with van der Waals surface area (Å²) in [7, 11) is 0. The maximum atomic E-state index is 11.8. The first-order valence-corrected chi connectivity index (χ1v) is 6.37. The van der Waals surface area contributed by atoms with Crippen LogP contribution in [0.3, 0.4) is 0 Å². The van der Waals surface area contributed by atoms with Crippen LogP contribution >= 0.6 is 11.3 Å². The first-order chi connectivity index (χ1) is 8.56. The average Bonchev–Trinajstić information content (AvgIpc) is 2.78. The highest BCUT2D eigenvalue weighted by atomic mass is 32.1. The van der Waals surface area contributed by atoms with Crippen LogP contribution in [0.25, 0.3) is 10.2 Å². The third kappa shape index (κ3) is 1.61. The lowest BCUT2D eigenvalue weighted by Gasteiger charge is -2.13. The number of carbonyl (C=O) groups excluding carboxylic acids is 2. The molecule has 0 saturated carbocycles. The summed E-state index contributed by atoms with van der Waals surface area (Å²) in [6, 6.07) is 4.65. The van der Waals surface area contributed by atoms with Gasteiger partial charge in [0.05, 0.1) is 33.4 Å². The van der Waals surface area contributed by atoms with Gasteiger partial charge in [-0.05, 0) is 25.1 Å². The highest BCUT2D eigenvalue weighted by Gasteiger charge is 2.37. The average molecular weight is 261 g/mol. The van der Waals surface area contributed by atoms with Crippen molar-refractivity contribution in [2.24, 2.45) is 5.73 Å². The van der Waals surface area contributed by atoms with Gasteiger partial charge in [-0.1, -0.05) is 0 Å². The lowest BCUT2D eigenvalue weighted by Crippen LogP contribution is -2.35. The highest BCUT2D eigenvalue weighted by molar-refractivity contribution is 7.18. The van der Waals surface area contributed by atoms with Crippen LogP contribution in [0.4, 0.5) is 5.69 Å². The fourth-order valence-corrected chi connectivity index (χ4v) is 2.95. The quantitative estimate of drug-likeness (QED) is 0.782. The molecular weight excluding hydrogens is 250 g/mol. The minimum absolute atomic E-state index is 0.0819. The van der Waals surface area contributed by atoms with Crippen molar-refractivity contribution < 1.29 is 9.59 Å². The summed E-state index contributed by atoms with van der Waals surface area (Å²) in [5, 5.41) is 0.956. The van der Waals surface area contributed by atoms with E-state index in [4.69, 9.17) is 5.73 Å². The molecule has 1 aliphatic rings. The van der Waals surface area contributed by atoms with Crippen LogP contribution in [0.15, 0.2) is 18.2 Å². The number of nitrogens with zero attached hydrogens (tertiary/aromatic N) is 2. The minimum Gasteiger partial charge on any atom is -0.319 e. The largest absolute Gasteiger partial charge is 0.319 e. The number of rotatable bonds is 1. The topological polar surface area (TPSA) is 76.3 Å². The van der Waals surface area contributed by atoms with Crippen molar-refractivity contribution in [1.82, 2.24) is 4.98 Å². The van der Waals surface area contributed by atoms with Crippen LogP contribution in [0, 0.1) is 6.92 Å². The molecule has 6 heteroatoms. The van der Waals surface area contributed by atoms with Crippen LogP contribution < -0.4 is 10.6 Å². The van der Waals surface area contributed by atoms with Gasteiger partial charge in [0.15, 0.2) is 0 Å². The predicted octanol–water partition coefficient (Wildman–Crippen LogP) is 1.20. The summed E-state index contributed by atoms with van der Waals surface area (Å²) < 4.78 is 0.964. The van der Waals surface area contributed by atoms with E-state index in [0.29, 0.717) is 5.69 Å². The van der Waals surface area contributed by atoms with Crippen molar-refractivity contribution in [3.8, 4) is 0 Å². The monoisotopic (exact) mass is 261 g/mol. The molecule has 92 valence electrons. The zero-order chi connectivity index (χ0) is 12.9. The molecule has 0 spiro atoms. The summed E-state index contributed by atoms with van der Waals surface area (Å²) in [5.41, 5.74) is 7.05. The predicted molar refractivity (Wildman–Crippen MR) is 69.4 cm³/mol. The van der Waals surface area contributed by atoms with E-state index in [1.807, 2.05) is 19.1 Å². The Bertz CT molecular complexity index is 664. The standard InChI is InChI=1S/C12H11N3O2S/c1-6-14-9-3-2-7(4-10(9)18-6)15-11(16)5-8(13)12(15)17/h2-4,8H,5,13H2,1H3/t8-/m0/s1. The summed E-state index contributed by atoms with van der Waals surface area (Å²) in [5.74, 6) is -0.575. The molecular formula is C12H11N3O2S. The molecule has 1 aliphatic heterocycles. The minimum atomic E-state index is -0.712. The van der Waals surface area contributed by atoms with Crippen molar-refractivity contribution in [2.75, 3.05) is 4.90 Å². The van der Waals surface area contributed by atoms with E-state index in [0.717, 1.165) is 15.2 Å². The van der Waals surface area contributed by atoms with Crippen LogP contribution in [-0.2, 0) is 9.59 Å². The number of hydrogen-bond acceptors (Lipinski definition) is 5. The molecule has 0 radical (unpaired) electrons. The molecule has 1 fully saturated rings. The van der Waals surface area contributed by atoms with E-state index in [1.165, 1.54) is 16.2 Å². The summed E-state index contributed by atoms with van der Waals surface area (Å²) in [6.45, 7) is 1.92. The van der Waals surface area contributed by atoms with Crippen LogP contribution in [0.1, 0.15) is 11.4 Å². The zero-order valence-corrected chi connectivity index (χ0v) is 10.5. The number of imide groups is 1. The molecule has 0 bridgehead atoms. The number of anilines is 1. The normalized spacial score (nSPS) is 20.1. The number of carbonyl (C=O) groups is 2. The fourth-order valence-electron chi connectivity index (χ4n) is 2.09. The molecule has 2 heterocycles. The van der Waals surface area contributed by atoms with Gasteiger partial charge in [-0.3, -0.25) is 9.59 Å². The van der Waals surface area contributed by atoms with Crippen molar-refractivity contribution >= 4 is 39.1 Å². The number of hydrogen-bond donors (Lipinski definition) is 1. The molecule has 5 nitrogen and oxygen atoms in total. The van der Waals surface area contributed by atoms with Gasteiger partial charge in [-0.15, -0.1) is 11.3 Å². The summed E-state index contributed by atoms with van der Waals surface area (Å²) >= 11 is 1.54. The maximum Gasteiger partial charge on any atom is 0.251 e. The lowest BCUT2D eigenvalue weighted by molar-refractivity contribution is -0.121. The van der Waals surface area contributed by atoms with E-state index in [9.17, 15) is 9.59 Å². The second kappa shape index (κ2) is 3.86. The van der Waals surface area contributed by atoms with E-state index in [-0.39, 0.29) is 18.2 Å². The Kier molecular flexibility index (Phi) is 2.42. The molecule has 3 rings (SSSR count). The van der Waals surface area contributed by atoms with Gasteiger partial charge in [0.2, 0.25) is 5.91 Å². The first-order valence-electron chi connectivity index (χ1n) is 5.56. The number of nitrogens with two attached hydrogens (primary N) is 1. The second-order valence-corrected chi connectivity index (χ2v) is 5.50. The van der Waals surface area contributed by atoms with Gasteiger partial charge in [-0.2, -0.15) is 0 Å². The Balaban J connectivity index is 2.09. The fraction of sp³-hybridized carbons (Fsp3) is 0.250. The van der Waals surface area contributed by atoms with E-state index in [2.05, 4.69) is 4.98 Å². The lowest BCUT2D eigenvalue weighted by atomic mass is 10.2. The van der Waals surface area contributed by atoms with Gasteiger partial charge < -0.3 is 5.73 Å². The van der Waals surface area contributed by atoms with Gasteiger partial charge in [0.1, 0.15) is 0 Å². The van der Waals surface area contributed by atoms with Crippen LogP contribution in [0.5, 0.6) is 0 Å². The van der Waals surface area contributed by atoms with Gasteiger partial charge in [0, 0.05) is 0 Å². The number of aromatic nitrogens is 1. The smallest absolute Gasteiger partial charge is 0.251 e. The van der Waals surface area contributed by atoms with Crippen LogP contribution in [0.2, 0.25) is 0 Å². The number of aryl methyl sites for hydroxylation is 1. The molecule has 0 unspecified atom stereocenters. The molecule has 0 aliphatic carbocycles. The second-order valence-electron chi connectivity index (χ2n) is 4.26. The third-order valence-electron chi connectivity index (χ3n) is 2.92. The Hall–Kier alpha value is -1.79. The number of fused-ring (bicyclic) bond motifs is 1. The van der Waals surface area contributed by atoms with E-state index >= 15 is 0 Å². The van der Waals surface area contributed by atoms with Gasteiger partial charge in [0.25, 0.3) is 5.91 Å². The molecule has 1 aromatic carbocycles. The molecule has 2 aromatic rings. The maximum absolute atomic E-state index is 11.8. The molecule has 1 saturated heterocycles. The van der Waals surface area contributed by atoms with Crippen molar-refractivity contribution in [3.05, 3.63) is 23.2 Å². The Morgan fingerprint density at radius 2 is 2.22 bits per heavy atom. The Morgan fingerprint density at radius 3 is 2.89 bits per heavy atom. The highest BCUT2D eigenvalue weighted by Crippen LogP contribution is 2.29. The molecule has 2 N–H and O–H groups in total. The van der Waals surface area contributed by atoms with Gasteiger partial charge in [-0.25, -0.2) is 9.88 Å². The Labute approximate surface area is 107 Å². The van der Waals surface area contributed by atoms with Crippen molar-refractivity contribution in [1.29, 1.82) is 0 Å². The zero-order valence-electron chi connectivity index (χ0n) is 9.71. The Morgan fingerprint density at radius 1 is 1.44 bits per heavy atom. The molecule has 1 aromatic heterocycles. The van der Waals surface area contributed by atoms with E-state index < -0.39 is 6.04 Å². The van der Waals surface area contributed by atoms with Crippen molar-refractivity contribution in [2.45, 2.75) is 19.4 Å². The SMILES string of the molecule is Cc1nc2ccc(N3C(=O)C[C@H](N)C3=O)cc2s1. The first kappa shape index (κ1) is 11.3. The number of amides is 2. The van der Waals surface area contributed by atoms with Crippen LogP contribution in [-0.4, -0.2) is 22.8 Å². The van der Waals surface area contributed by atoms with E-state index in [1.54, 1.807) is 6.07 Å². The number of thiazole rings is 1. The molecule has 1 atom stereocenters. The molecule has 18 heavy (non-hydrogen) atoms. The molecule has 2 amide bonds. The third-order valence-corrected chi connectivity index (χ3v) is 3.85. The van der Waals surface area contributed by atoms with Gasteiger partial charge >= 0.3 is 0 Å². The summed E-state index contributed by atoms with van der Waals surface area (Å²) in [6.07, 6.45) is 0.0819. The van der Waals surface area contributed by atoms with Crippen molar-refractivity contribution in [3.63, 3.8) is 0 Å². The number of benzene rings is 1.